The van der Waals surface area contributed by atoms with Crippen LogP contribution in [-0.2, 0) is 0 Å². The highest BCUT2D eigenvalue weighted by molar-refractivity contribution is 5.90. The number of carbonyl (C=O) groups excluding carboxylic acids is 1. The van der Waals surface area contributed by atoms with E-state index in [0.717, 1.165) is 54.6 Å². The van der Waals surface area contributed by atoms with Crippen LogP contribution in [-0.4, -0.2) is 41.0 Å². The summed E-state index contributed by atoms with van der Waals surface area (Å²) in [5.41, 5.74) is 1.82. The molecule has 1 aliphatic heterocycles. The van der Waals surface area contributed by atoms with Gasteiger partial charge in [0.15, 0.2) is 6.29 Å². The Balaban J connectivity index is 1.76. The van der Waals surface area contributed by atoms with Crippen molar-refractivity contribution in [2.75, 3.05) is 13.1 Å². The summed E-state index contributed by atoms with van der Waals surface area (Å²) in [5, 5.41) is 1.07. The average molecular weight is 328 g/mol. The van der Waals surface area contributed by atoms with Crippen molar-refractivity contribution < 1.29 is 9.53 Å². The summed E-state index contributed by atoms with van der Waals surface area (Å²) >= 11 is 0. The van der Waals surface area contributed by atoms with Gasteiger partial charge in [0, 0.05) is 36.1 Å². The predicted octanol–water partition coefficient (Wildman–Crippen LogP) is 4.29. The molecule has 0 spiro atoms. The third-order valence-corrected chi connectivity index (χ3v) is 4.99. The second kappa shape index (κ2) is 6.98. The molecular weight excluding hydrogens is 300 g/mol. The summed E-state index contributed by atoms with van der Waals surface area (Å²) in [6.07, 6.45) is 3.36. The molecule has 0 radical (unpaired) electrons. The Morgan fingerprint density at radius 3 is 2.38 bits per heavy atom. The van der Waals surface area contributed by atoms with E-state index < -0.39 is 0 Å². The molecule has 0 saturated carbocycles. The molecule has 0 unspecified atom stereocenters. The number of benzene rings is 1. The minimum atomic E-state index is 0.259. The molecule has 1 aliphatic rings. The number of rotatable bonds is 5. The van der Waals surface area contributed by atoms with E-state index in [2.05, 4.69) is 49.3 Å². The first-order valence-electron chi connectivity index (χ1n) is 9.00. The Morgan fingerprint density at radius 1 is 1.08 bits per heavy atom. The third kappa shape index (κ3) is 3.34. The molecule has 1 aromatic carbocycles. The first kappa shape index (κ1) is 17.0. The third-order valence-electron chi connectivity index (χ3n) is 4.99. The van der Waals surface area contributed by atoms with Crippen molar-refractivity contribution >= 4 is 17.2 Å². The number of hydrogen-bond donors (Lipinski definition) is 0. The highest BCUT2D eigenvalue weighted by atomic mass is 16.5. The van der Waals surface area contributed by atoms with Crippen LogP contribution in [0.1, 0.15) is 57.1 Å². The largest absolute Gasteiger partial charge is 0.490 e. The lowest BCUT2D eigenvalue weighted by molar-refractivity contribution is 0.0844. The molecule has 24 heavy (non-hydrogen) atoms. The quantitative estimate of drug-likeness (QED) is 0.768. The highest BCUT2D eigenvalue weighted by Crippen LogP contribution is 2.28. The van der Waals surface area contributed by atoms with Crippen molar-refractivity contribution in [3.05, 3.63) is 30.0 Å². The van der Waals surface area contributed by atoms with Gasteiger partial charge in [-0.05, 0) is 64.8 Å². The van der Waals surface area contributed by atoms with Gasteiger partial charge in [0.2, 0.25) is 0 Å². The Labute approximate surface area is 144 Å². The van der Waals surface area contributed by atoms with E-state index in [1.165, 1.54) is 0 Å². The van der Waals surface area contributed by atoms with Gasteiger partial charge in [0.05, 0.1) is 5.69 Å². The van der Waals surface area contributed by atoms with Crippen LogP contribution in [0.15, 0.2) is 24.3 Å². The Morgan fingerprint density at radius 2 is 1.79 bits per heavy atom. The first-order chi connectivity index (χ1) is 11.5. The van der Waals surface area contributed by atoms with Crippen molar-refractivity contribution in [1.29, 1.82) is 0 Å². The number of ether oxygens (including phenoxy) is 1. The van der Waals surface area contributed by atoms with E-state index in [9.17, 15) is 4.79 Å². The molecule has 0 atom stereocenters. The lowest BCUT2D eigenvalue weighted by Gasteiger charge is -2.34. The Kier molecular flexibility index (Phi) is 4.95. The average Bonchev–Trinajstić information content (AvgIpc) is 2.93. The standard InChI is InChI=1S/C20H28N2O2/c1-14(2)21-9-7-18(8-10-21)24-19-5-6-20-16(12-19)11-17(13-23)22(20)15(3)4/h5-6,11-15,18H,7-10H2,1-4H3. The van der Waals surface area contributed by atoms with E-state index in [0.29, 0.717) is 6.04 Å². The van der Waals surface area contributed by atoms with Crippen LogP contribution in [0.3, 0.4) is 0 Å². The van der Waals surface area contributed by atoms with Crippen molar-refractivity contribution in [3.8, 4) is 5.75 Å². The maximum Gasteiger partial charge on any atom is 0.166 e. The number of nitrogens with zero attached hydrogens (tertiary/aromatic N) is 2. The number of fused-ring (bicyclic) bond motifs is 1. The molecule has 4 nitrogen and oxygen atoms in total. The monoisotopic (exact) mass is 328 g/mol. The van der Waals surface area contributed by atoms with Crippen molar-refractivity contribution in [3.63, 3.8) is 0 Å². The van der Waals surface area contributed by atoms with E-state index in [1.54, 1.807) is 0 Å². The smallest absolute Gasteiger partial charge is 0.166 e. The minimum Gasteiger partial charge on any atom is -0.490 e. The minimum absolute atomic E-state index is 0.259. The number of likely N-dealkylation sites (tertiary alicyclic amines) is 1. The molecule has 2 aromatic rings. The van der Waals surface area contributed by atoms with E-state index >= 15 is 0 Å². The predicted molar refractivity (Wildman–Crippen MR) is 98.1 cm³/mol. The number of piperidine rings is 1. The van der Waals surface area contributed by atoms with Gasteiger partial charge in [-0.3, -0.25) is 4.79 Å². The summed E-state index contributed by atoms with van der Waals surface area (Å²) in [6.45, 7) is 10.9. The summed E-state index contributed by atoms with van der Waals surface area (Å²) < 4.78 is 8.29. The molecule has 0 N–H and O–H groups in total. The molecule has 0 bridgehead atoms. The maximum absolute atomic E-state index is 11.3. The fourth-order valence-electron chi connectivity index (χ4n) is 3.68. The molecule has 1 saturated heterocycles. The molecular formula is C20H28N2O2. The lowest BCUT2D eigenvalue weighted by Crippen LogP contribution is -2.41. The first-order valence-corrected chi connectivity index (χ1v) is 9.00. The number of hydrogen-bond acceptors (Lipinski definition) is 3. The topological polar surface area (TPSA) is 34.5 Å². The SMILES string of the molecule is CC(C)N1CCC(Oc2ccc3c(c2)cc(C=O)n3C(C)C)CC1. The van der Waals surface area contributed by atoms with Crippen LogP contribution in [0.25, 0.3) is 10.9 Å². The summed E-state index contributed by atoms with van der Waals surface area (Å²) in [5.74, 6) is 0.906. The molecule has 4 heteroatoms. The maximum atomic E-state index is 11.3. The van der Waals surface area contributed by atoms with Gasteiger partial charge in [0.25, 0.3) is 0 Å². The Hall–Kier alpha value is -1.81. The molecule has 3 rings (SSSR count). The van der Waals surface area contributed by atoms with Gasteiger partial charge in [-0.25, -0.2) is 0 Å². The lowest BCUT2D eigenvalue weighted by atomic mass is 10.1. The molecule has 1 aromatic heterocycles. The fraction of sp³-hybridized carbons (Fsp3) is 0.550. The van der Waals surface area contributed by atoms with Gasteiger partial charge in [-0.1, -0.05) is 0 Å². The fourth-order valence-corrected chi connectivity index (χ4v) is 3.68. The zero-order chi connectivity index (χ0) is 17.3. The zero-order valence-corrected chi connectivity index (χ0v) is 15.2. The van der Waals surface area contributed by atoms with Gasteiger partial charge in [-0.15, -0.1) is 0 Å². The number of carbonyl (C=O) groups is 1. The van der Waals surface area contributed by atoms with Crippen LogP contribution < -0.4 is 4.74 Å². The second-order valence-corrected chi connectivity index (χ2v) is 7.32. The molecule has 0 amide bonds. The van der Waals surface area contributed by atoms with Crippen LogP contribution in [0, 0.1) is 0 Å². The normalized spacial score (nSPS) is 17.1. The van der Waals surface area contributed by atoms with Crippen LogP contribution in [0.2, 0.25) is 0 Å². The van der Waals surface area contributed by atoms with Crippen LogP contribution in [0.4, 0.5) is 0 Å². The van der Waals surface area contributed by atoms with Gasteiger partial charge in [-0.2, -0.15) is 0 Å². The van der Waals surface area contributed by atoms with Crippen molar-refractivity contribution in [2.45, 2.75) is 58.7 Å². The van der Waals surface area contributed by atoms with Gasteiger partial charge >= 0.3 is 0 Å². The zero-order valence-electron chi connectivity index (χ0n) is 15.2. The van der Waals surface area contributed by atoms with Gasteiger partial charge in [0.1, 0.15) is 11.9 Å². The highest BCUT2D eigenvalue weighted by Gasteiger charge is 2.22. The Bertz CT molecular complexity index is 710. The molecule has 1 fully saturated rings. The van der Waals surface area contributed by atoms with E-state index in [4.69, 9.17) is 4.74 Å². The molecule has 0 aliphatic carbocycles. The summed E-state index contributed by atoms with van der Waals surface area (Å²) in [4.78, 5) is 13.8. The molecule has 130 valence electrons. The summed E-state index contributed by atoms with van der Waals surface area (Å²) in [7, 11) is 0. The number of aldehydes is 1. The van der Waals surface area contributed by atoms with E-state index in [-0.39, 0.29) is 12.1 Å². The second-order valence-electron chi connectivity index (χ2n) is 7.32. The summed E-state index contributed by atoms with van der Waals surface area (Å²) in [6, 6.07) is 8.99. The van der Waals surface area contributed by atoms with Crippen molar-refractivity contribution in [1.82, 2.24) is 9.47 Å². The van der Waals surface area contributed by atoms with Crippen LogP contribution in [0.5, 0.6) is 5.75 Å². The van der Waals surface area contributed by atoms with E-state index in [1.807, 2.05) is 12.1 Å². The van der Waals surface area contributed by atoms with Crippen molar-refractivity contribution in [2.24, 2.45) is 0 Å². The van der Waals surface area contributed by atoms with Gasteiger partial charge < -0.3 is 14.2 Å². The number of aromatic nitrogens is 1. The van der Waals surface area contributed by atoms with Crippen LogP contribution >= 0.6 is 0 Å². The molecule has 2 heterocycles.